The molecule has 10 nitrogen and oxygen atoms in total. The van der Waals surface area contributed by atoms with Crippen molar-refractivity contribution < 1.29 is 28.2 Å². The molecule has 0 aromatic carbocycles. The van der Waals surface area contributed by atoms with Gasteiger partial charge in [0.1, 0.15) is 12.2 Å². The Morgan fingerprint density at radius 1 is 1.33 bits per heavy atom. The number of aliphatic hydroxyl groups excluding tert-OH is 1. The molecule has 2 heterocycles. The number of methoxy groups -OCH3 is 1. The van der Waals surface area contributed by atoms with Crippen LogP contribution < -0.4 is 11.2 Å². The lowest BCUT2D eigenvalue weighted by atomic mass is 10.00. The van der Waals surface area contributed by atoms with Crippen molar-refractivity contribution in [3.05, 3.63) is 33.1 Å². The molecule has 0 bridgehead atoms. The number of aromatic nitrogens is 2. The molecule has 2 N–H and O–H groups in total. The second-order valence-corrected chi connectivity index (χ2v) is 8.41. The van der Waals surface area contributed by atoms with E-state index >= 15 is 0 Å². The zero-order valence-electron chi connectivity index (χ0n) is 15.9. The SMILES string of the molecule is CCOP(=O)(C[C@H](C)[C@H]1O[C@@H](n2ccc(=O)[nH]c2=O)C(OC)[C@H]1O)OCC. The molecule has 1 unspecified atom stereocenters. The van der Waals surface area contributed by atoms with E-state index in [1.165, 1.54) is 19.4 Å². The van der Waals surface area contributed by atoms with Crippen LogP contribution in [0.4, 0.5) is 0 Å². The van der Waals surface area contributed by atoms with Gasteiger partial charge in [0.2, 0.25) is 0 Å². The van der Waals surface area contributed by atoms with Crippen LogP contribution in [0, 0.1) is 5.92 Å². The minimum atomic E-state index is -3.34. The molecule has 0 aliphatic carbocycles. The maximum absolute atomic E-state index is 12.8. The highest BCUT2D eigenvalue weighted by molar-refractivity contribution is 7.53. The normalized spacial score (nSPS) is 27.0. The molecule has 1 saturated heterocycles. The van der Waals surface area contributed by atoms with E-state index in [1.807, 2.05) is 0 Å². The van der Waals surface area contributed by atoms with E-state index < -0.39 is 49.3 Å². The minimum Gasteiger partial charge on any atom is -0.387 e. The highest BCUT2D eigenvalue weighted by atomic mass is 31.2. The van der Waals surface area contributed by atoms with Crippen molar-refractivity contribution in [3.63, 3.8) is 0 Å². The smallest absolute Gasteiger partial charge is 0.331 e. The van der Waals surface area contributed by atoms with Crippen LogP contribution in [0.3, 0.4) is 0 Å². The first-order chi connectivity index (χ1) is 12.8. The summed E-state index contributed by atoms with van der Waals surface area (Å²) in [6.07, 6.45) is -2.32. The van der Waals surface area contributed by atoms with Crippen LogP contribution in [0.25, 0.3) is 0 Å². The molecule has 5 atom stereocenters. The zero-order valence-corrected chi connectivity index (χ0v) is 16.8. The Morgan fingerprint density at radius 2 is 1.96 bits per heavy atom. The lowest BCUT2D eigenvalue weighted by molar-refractivity contribution is -0.0618. The van der Waals surface area contributed by atoms with Gasteiger partial charge in [0.05, 0.1) is 25.5 Å². The van der Waals surface area contributed by atoms with Crippen LogP contribution in [0.5, 0.6) is 0 Å². The summed E-state index contributed by atoms with van der Waals surface area (Å²) in [7, 11) is -1.95. The molecule has 1 aromatic rings. The third-order valence-electron chi connectivity index (χ3n) is 4.37. The Hall–Kier alpha value is -1.29. The van der Waals surface area contributed by atoms with Gasteiger partial charge in [0.15, 0.2) is 6.23 Å². The highest BCUT2D eigenvalue weighted by Gasteiger charge is 2.48. The minimum absolute atomic E-state index is 0.0417. The number of ether oxygens (including phenoxy) is 2. The summed E-state index contributed by atoms with van der Waals surface area (Å²) in [5.41, 5.74) is -1.22. The number of aromatic amines is 1. The maximum Gasteiger partial charge on any atom is 0.331 e. The van der Waals surface area contributed by atoms with Gasteiger partial charge in [-0.05, 0) is 19.8 Å². The van der Waals surface area contributed by atoms with Crippen molar-refractivity contribution in [2.75, 3.05) is 26.5 Å². The van der Waals surface area contributed by atoms with Crippen LogP contribution in [0.2, 0.25) is 0 Å². The monoisotopic (exact) mass is 406 g/mol. The number of aliphatic hydroxyl groups is 1. The van der Waals surface area contributed by atoms with Crippen LogP contribution in [-0.2, 0) is 23.1 Å². The quantitative estimate of drug-likeness (QED) is 0.574. The lowest BCUT2D eigenvalue weighted by Crippen LogP contribution is -2.39. The summed E-state index contributed by atoms with van der Waals surface area (Å²) < 4.78 is 35.7. The molecular weight excluding hydrogens is 379 g/mol. The second kappa shape index (κ2) is 9.27. The van der Waals surface area contributed by atoms with E-state index in [9.17, 15) is 19.3 Å². The van der Waals surface area contributed by atoms with Gasteiger partial charge < -0.3 is 23.6 Å². The molecule has 0 radical (unpaired) electrons. The predicted molar refractivity (Wildman–Crippen MR) is 96.9 cm³/mol. The number of nitrogens with one attached hydrogen (secondary N) is 1. The Bertz CT molecular complexity index is 768. The van der Waals surface area contributed by atoms with Crippen LogP contribution >= 0.6 is 7.60 Å². The fourth-order valence-electron chi connectivity index (χ4n) is 3.25. The van der Waals surface area contributed by atoms with E-state index in [4.69, 9.17) is 18.5 Å². The van der Waals surface area contributed by atoms with Gasteiger partial charge in [-0.3, -0.25) is 18.9 Å². The fourth-order valence-corrected chi connectivity index (χ4v) is 5.23. The molecule has 1 aliphatic rings. The molecule has 0 amide bonds. The molecular formula is C16H27N2O8P. The van der Waals surface area contributed by atoms with Gasteiger partial charge in [-0.25, -0.2) is 4.79 Å². The third kappa shape index (κ3) is 4.96. The van der Waals surface area contributed by atoms with Crippen molar-refractivity contribution in [2.45, 2.75) is 45.3 Å². The molecule has 0 spiro atoms. The zero-order chi connectivity index (χ0) is 20.2. The van der Waals surface area contributed by atoms with Crippen LogP contribution in [0.15, 0.2) is 21.9 Å². The van der Waals surface area contributed by atoms with Crippen molar-refractivity contribution >= 4 is 7.60 Å². The van der Waals surface area contributed by atoms with Crippen molar-refractivity contribution in [1.82, 2.24) is 9.55 Å². The van der Waals surface area contributed by atoms with Gasteiger partial charge in [0.25, 0.3) is 5.56 Å². The molecule has 1 fully saturated rings. The Balaban J connectivity index is 2.24. The van der Waals surface area contributed by atoms with Crippen molar-refractivity contribution in [1.29, 1.82) is 0 Å². The van der Waals surface area contributed by atoms with E-state index in [1.54, 1.807) is 20.8 Å². The summed E-state index contributed by atoms with van der Waals surface area (Å²) in [6.45, 7) is 5.65. The van der Waals surface area contributed by atoms with E-state index in [2.05, 4.69) is 4.98 Å². The lowest BCUT2D eigenvalue weighted by Gasteiger charge is -2.26. The first-order valence-corrected chi connectivity index (χ1v) is 10.5. The van der Waals surface area contributed by atoms with Gasteiger partial charge in [-0.1, -0.05) is 6.92 Å². The van der Waals surface area contributed by atoms with Gasteiger partial charge >= 0.3 is 13.3 Å². The third-order valence-corrected chi connectivity index (χ3v) is 6.70. The molecule has 11 heteroatoms. The number of rotatable bonds is 9. The fraction of sp³-hybridized carbons (Fsp3) is 0.750. The summed E-state index contributed by atoms with van der Waals surface area (Å²) in [5.74, 6) is -0.412. The average molecular weight is 406 g/mol. The average Bonchev–Trinajstić information content (AvgIpc) is 2.91. The van der Waals surface area contributed by atoms with E-state index in [0.29, 0.717) is 0 Å². The number of H-pyrrole nitrogens is 1. The summed E-state index contributed by atoms with van der Waals surface area (Å²) in [5, 5.41) is 10.6. The van der Waals surface area contributed by atoms with Gasteiger partial charge in [-0.2, -0.15) is 0 Å². The number of hydrogen-bond donors (Lipinski definition) is 2. The first kappa shape index (κ1) is 22.0. The predicted octanol–water partition coefficient (Wildman–Crippen LogP) is 0.712. The first-order valence-electron chi connectivity index (χ1n) is 8.82. The van der Waals surface area contributed by atoms with Gasteiger partial charge in [0, 0.05) is 19.4 Å². The Morgan fingerprint density at radius 3 is 2.48 bits per heavy atom. The van der Waals surface area contributed by atoms with Crippen LogP contribution in [-0.4, -0.2) is 59.5 Å². The molecule has 2 rings (SSSR count). The molecule has 27 heavy (non-hydrogen) atoms. The molecule has 1 aliphatic heterocycles. The van der Waals surface area contributed by atoms with Crippen LogP contribution in [0.1, 0.15) is 27.0 Å². The summed E-state index contributed by atoms with van der Waals surface area (Å²) in [4.78, 5) is 25.5. The Kier molecular flexibility index (Phi) is 7.55. The van der Waals surface area contributed by atoms with E-state index in [-0.39, 0.29) is 19.4 Å². The van der Waals surface area contributed by atoms with Gasteiger partial charge in [-0.15, -0.1) is 0 Å². The molecule has 0 saturated carbocycles. The van der Waals surface area contributed by atoms with Crippen molar-refractivity contribution in [3.8, 4) is 0 Å². The highest BCUT2D eigenvalue weighted by Crippen LogP contribution is 2.51. The number of hydrogen-bond acceptors (Lipinski definition) is 8. The largest absolute Gasteiger partial charge is 0.387 e. The standard InChI is InChI=1S/C16H27N2O8P/c1-5-24-27(22,25-6-2)9-10(3)13-12(20)14(23-4)15(26-13)18-8-7-11(19)17-16(18)21/h7-8,10,12-15,20H,5-6,9H2,1-4H3,(H,17,19,21)/t10-,12-,13+,14?,15+/m0/s1. The Labute approximate surface area is 156 Å². The van der Waals surface area contributed by atoms with E-state index in [0.717, 1.165) is 4.57 Å². The maximum atomic E-state index is 12.8. The second-order valence-electron chi connectivity index (χ2n) is 6.31. The summed E-state index contributed by atoms with van der Waals surface area (Å²) in [6, 6.07) is 1.18. The molecule has 1 aromatic heterocycles. The number of nitrogens with zero attached hydrogens (tertiary/aromatic N) is 1. The molecule has 154 valence electrons. The topological polar surface area (TPSA) is 129 Å². The van der Waals surface area contributed by atoms with Crippen molar-refractivity contribution in [2.24, 2.45) is 5.92 Å². The summed E-state index contributed by atoms with van der Waals surface area (Å²) >= 11 is 0.